The number of halogens is 3. The molecule has 0 bridgehead atoms. The number of alkyl halides is 3. The number of carboxylic acid groups (broad SMARTS) is 1. The third kappa shape index (κ3) is 4.42. The standard InChI is InChI=1S/C18H18F3NO5/c1-11-14(17(23)24)8-15(22(11)9-12-10-25-6-7-26-12)13-4-2-3-5-16(13)27-18(19,20)21/h2-5,8,12H,6-7,9-10H2,1H3,(H,23,24). The van der Waals surface area contributed by atoms with Crippen LogP contribution in [0.15, 0.2) is 30.3 Å². The van der Waals surface area contributed by atoms with Gasteiger partial charge in [-0.15, -0.1) is 13.2 Å². The van der Waals surface area contributed by atoms with Crippen LogP contribution >= 0.6 is 0 Å². The van der Waals surface area contributed by atoms with E-state index in [0.717, 1.165) is 0 Å². The lowest BCUT2D eigenvalue weighted by Crippen LogP contribution is -2.32. The molecule has 1 aliphatic rings. The highest BCUT2D eigenvalue weighted by molar-refractivity contribution is 5.91. The number of ether oxygens (including phenoxy) is 3. The van der Waals surface area contributed by atoms with Gasteiger partial charge in [0, 0.05) is 11.3 Å². The van der Waals surface area contributed by atoms with Gasteiger partial charge in [0.05, 0.1) is 43.7 Å². The van der Waals surface area contributed by atoms with E-state index >= 15 is 0 Å². The van der Waals surface area contributed by atoms with E-state index in [9.17, 15) is 23.1 Å². The Labute approximate surface area is 153 Å². The maximum Gasteiger partial charge on any atom is 0.573 e. The minimum Gasteiger partial charge on any atom is -0.478 e. The molecule has 9 heteroatoms. The van der Waals surface area contributed by atoms with Crippen molar-refractivity contribution in [2.75, 3.05) is 19.8 Å². The molecule has 1 atom stereocenters. The Morgan fingerprint density at radius 3 is 2.70 bits per heavy atom. The van der Waals surface area contributed by atoms with Crippen LogP contribution in [0.4, 0.5) is 13.2 Å². The molecule has 1 fully saturated rings. The van der Waals surface area contributed by atoms with Crippen LogP contribution in [0.1, 0.15) is 16.1 Å². The number of aromatic nitrogens is 1. The Kier molecular flexibility index (Phi) is 5.43. The smallest absolute Gasteiger partial charge is 0.478 e. The number of carbonyl (C=O) groups is 1. The van der Waals surface area contributed by atoms with Gasteiger partial charge in [-0.2, -0.15) is 0 Å². The molecule has 6 nitrogen and oxygen atoms in total. The minimum absolute atomic E-state index is 0.00328. The van der Waals surface area contributed by atoms with Crippen LogP contribution in [0, 0.1) is 6.92 Å². The Balaban J connectivity index is 2.07. The Hall–Kier alpha value is -2.52. The molecule has 1 unspecified atom stereocenters. The molecule has 1 N–H and O–H groups in total. The summed E-state index contributed by atoms with van der Waals surface area (Å²) < 4.78 is 55.0. The summed E-state index contributed by atoms with van der Waals surface area (Å²) in [5.74, 6) is -1.57. The summed E-state index contributed by atoms with van der Waals surface area (Å²) in [4.78, 5) is 11.5. The van der Waals surface area contributed by atoms with Crippen LogP contribution in [0.3, 0.4) is 0 Å². The van der Waals surface area contributed by atoms with Gasteiger partial charge in [0.15, 0.2) is 0 Å². The van der Waals surface area contributed by atoms with E-state index in [1.54, 1.807) is 17.6 Å². The zero-order valence-electron chi connectivity index (χ0n) is 14.5. The van der Waals surface area contributed by atoms with Crippen LogP contribution in [0.2, 0.25) is 0 Å². The molecule has 146 valence electrons. The summed E-state index contributed by atoms with van der Waals surface area (Å²) in [7, 11) is 0. The second kappa shape index (κ2) is 7.61. The van der Waals surface area contributed by atoms with Crippen molar-refractivity contribution < 1.29 is 37.3 Å². The second-order valence-electron chi connectivity index (χ2n) is 6.06. The highest BCUT2D eigenvalue weighted by Crippen LogP contribution is 2.36. The number of hydrogen-bond donors (Lipinski definition) is 1. The van der Waals surface area contributed by atoms with Gasteiger partial charge in [0.25, 0.3) is 0 Å². The van der Waals surface area contributed by atoms with E-state index in [2.05, 4.69) is 4.74 Å². The van der Waals surface area contributed by atoms with Gasteiger partial charge in [-0.25, -0.2) is 4.79 Å². The van der Waals surface area contributed by atoms with Gasteiger partial charge in [0.1, 0.15) is 5.75 Å². The second-order valence-corrected chi connectivity index (χ2v) is 6.06. The number of nitrogens with zero attached hydrogens (tertiary/aromatic N) is 1. The van der Waals surface area contributed by atoms with E-state index in [4.69, 9.17) is 9.47 Å². The summed E-state index contributed by atoms with van der Waals surface area (Å²) in [6.07, 6.45) is -5.20. The van der Waals surface area contributed by atoms with E-state index in [1.165, 1.54) is 24.3 Å². The van der Waals surface area contributed by atoms with Crippen molar-refractivity contribution in [2.45, 2.75) is 25.9 Å². The lowest BCUT2D eigenvalue weighted by atomic mass is 10.1. The fourth-order valence-corrected chi connectivity index (χ4v) is 3.06. The van der Waals surface area contributed by atoms with Crippen LogP contribution in [-0.2, 0) is 16.0 Å². The molecule has 2 aromatic rings. The van der Waals surface area contributed by atoms with Crippen molar-refractivity contribution in [1.82, 2.24) is 4.57 Å². The summed E-state index contributed by atoms with van der Waals surface area (Å²) >= 11 is 0. The molecule has 1 saturated heterocycles. The number of para-hydroxylation sites is 1. The lowest BCUT2D eigenvalue weighted by molar-refractivity contribution is -0.274. The maximum atomic E-state index is 12.8. The summed E-state index contributed by atoms with van der Waals surface area (Å²) in [5.41, 5.74) is 0.859. The topological polar surface area (TPSA) is 69.9 Å². The molecular formula is C18H18F3NO5. The van der Waals surface area contributed by atoms with E-state index in [0.29, 0.717) is 31.2 Å². The Bertz CT molecular complexity index is 825. The van der Waals surface area contributed by atoms with Gasteiger partial charge in [0.2, 0.25) is 0 Å². The van der Waals surface area contributed by atoms with Gasteiger partial charge < -0.3 is 23.9 Å². The predicted octanol–water partition coefficient (Wildman–Crippen LogP) is 3.48. The van der Waals surface area contributed by atoms with Crippen molar-refractivity contribution in [3.63, 3.8) is 0 Å². The van der Waals surface area contributed by atoms with Crippen LogP contribution in [0.5, 0.6) is 5.75 Å². The molecule has 0 saturated carbocycles. The summed E-state index contributed by atoms with van der Waals surface area (Å²) in [6, 6.07) is 6.97. The lowest BCUT2D eigenvalue weighted by Gasteiger charge is -2.25. The van der Waals surface area contributed by atoms with Crippen molar-refractivity contribution in [3.05, 3.63) is 41.6 Å². The first-order chi connectivity index (χ1) is 12.8. The molecule has 1 aromatic carbocycles. The number of carboxylic acids is 1. The average molecular weight is 385 g/mol. The molecule has 1 aromatic heterocycles. The first-order valence-corrected chi connectivity index (χ1v) is 8.24. The van der Waals surface area contributed by atoms with Gasteiger partial charge in [-0.3, -0.25) is 0 Å². The first kappa shape index (κ1) is 19.2. The number of hydrogen-bond acceptors (Lipinski definition) is 4. The van der Waals surface area contributed by atoms with Crippen molar-refractivity contribution in [3.8, 4) is 17.0 Å². The van der Waals surface area contributed by atoms with Gasteiger partial charge >= 0.3 is 12.3 Å². The summed E-state index contributed by atoms with van der Waals surface area (Å²) in [6.45, 7) is 3.04. The zero-order valence-corrected chi connectivity index (χ0v) is 14.5. The van der Waals surface area contributed by atoms with E-state index in [1.807, 2.05) is 0 Å². The minimum atomic E-state index is -4.86. The number of aromatic carboxylic acids is 1. The summed E-state index contributed by atoms with van der Waals surface area (Å²) in [5, 5.41) is 9.43. The van der Waals surface area contributed by atoms with E-state index in [-0.39, 0.29) is 23.8 Å². The van der Waals surface area contributed by atoms with Crippen LogP contribution in [0.25, 0.3) is 11.3 Å². The average Bonchev–Trinajstić information content (AvgIpc) is 2.92. The molecule has 2 heterocycles. The maximum absolute atomic E-state index is 12.8. The highest BCUT2D eigenvalue weighted by atomic mass is 19.4. The molecule has 27 heavy (non-hydrogen) atoms. The fraction of sp³-hybridized carbons (Fsp3) is 0.389. The third-order valence-corrected chi connectivity index (χ3v) is 4.26. The quantitative estimate of drug-likeness (QED) is 0.854. The fourth-order valence-electron chi connectivity index (χ4n) is 3.06. The van der Waals surface area contributed by atoms with Crippen molar-refractivity contribution in [1.29, 1.82) is 0 Å². The molecule has 0 spiro atoms. The highest BCUT2D eigenvalue weighted by Gasteiger charge is 2.33. The molecule has 0 amide bonds. The third-order valence-electron chi connectivity index (χ3n) is 4.26. The van der Waals surface area contributed by atoms with Gasteiger partial charge in [-0.05, 0) is 25.1 Å². The zero-order chi connectivity index (χ0) is 19.6. The van der Waals surface area contributed by atoms with Crippen LogP contribution < -0.4 is 4.74 Å². The Morgan fingerprint density at radius 1 is 1.33 bits per heavy atom. The molecule has 1 aliphatic heterocycles. The normalized spacial score (nSPS) is 17.7. The van der Waals surface area contributed by atoms with E-state index < -0.39 is 18.1 Å². The molecule has 0 aliphatic carbocycles. The SMILES string of the molecule is Cc1c(C(=O)O)cc(-c2ccccc2OC(F)(F)F)n1CC1COCCO1. The number of benzene rings is 1. The van der Waals surface area contributed by atoms with Crippen molar-refractivity contribution in [2.24, 2.45) is 0 Å². The molecule has 0 radical (unpaired) electrons. The predicted molar refractivity (Wildman–Crippen MR) is 88.8 cm³/mol. The monoisotopic (exact) mass is 385 g/mol. The van der Waals surface area contributed by atoms with Crippen molar-refractivity contribution >= 4 is 5.97 Å². The molecular weight excluding hydrogens is 367 g/mol. The van der Waals surface area contributed by atoms with Crippen LogP contribution in [-0.4, -0.2) is 47.9 Å². The first-order valence-electron chi connectivity index (χ1n) is 8.24. The largest absolute Gasteiger partial charge is 0.573 e. The molecule has 3 rings (SSSR count). The van der Waals surface area contributed by atoms with Gasteiger partial charge in [-0.1, -0.05) is 12.1 Å². The number of rotatable bonds is 5. The Morgan fingerprint density at radius 2 is 2.07 bits per heavy atom.